The van der Waals surface area contributed by atoms with E-state index in [-0.39, 0.29) is 24.0 Å². The van der Waals surface area contributed by atoms with E-state index in [1.54, 1.807) is 0 Å². The van der Waals surface area contributed by atoms with Crippen LogP contribution in [0.4, 0.5) is 0 Å². The van der Waals surface area contributed by atoms with Gasteiger partial charge in [-0.25, -0.2) is 9.67 Å². The van der Waals surface area contributed by atoms with Crippen molar-refractivity contribution in [1.82, 2.24) is 25.3 Å². The van der Waals surface area contributed by atoms with Crippen molar-refractivity contribution in [3.63, 3.8) is 0 Å². The van der Waals surface area contributed by atoms with Gasteiger partial charge in [-0.2, -0.15) is 5.10 Å². The van der Waals surface area contributed by atoms with Crippen molar-refractivity contribution in [2.45, 2.75) is 26.0 Å². The Morgan fingerprint density at radius 2 is 1.97 bits per heavy atom. The number of morpholine rings is 1. The fourth-order valence-electron chi connectivity index (χ4n) is 3.25. The highest BCUT2D eigenvalue weighted by molar-refractivity contribution is 14.0. The summed E-state index contributed by atoms with van der Waals surface area (Å²) in [6.45, 7) is 9.32. The lowest BCUT2D eigenvalue weighted by Gasteiger charge is -2.34. The fourth-order valence-corrected chi connectivity index (χ4v) is 3.25. The highest BCUT2D eigenvalue weighted by Gasteiger charge is 2.25. The van der Waals surface area contributed by atoms with Gasteiger partial charge in [0.1, 0.15) is 0 Å². The van der Waals surface area contributed by atoms with E-state index in [0.29, 0.717) is 25.6 Å². The number of nitrogens with one attached hydrogen (secondary N) is 2. The van der Waals surface area contributed by atoms with Crippen molar-refractivity contribution in [1.29, 1.82) is 0 Å². The van der Waals surface area contributed by atoms with Gasteiger partial charge in [-0.15, -0.1) is 24.0 Å². The minimum absolute atomic E-state index is 0. The van der Waals surface area contributed by atoms with Crippen molar-refractivity contribution in [3.8, 4) is 5.69 Å². The molecule has 1 unspecified atom stereocenters. The molecule has 9 heteroatoms. The molecule has 0 saturated carbocycles. The van der Waals surface area contributed by atoms with E-state index < -0.39 is 5.60 Å². The number of benzene rings is 1. The predicted molar refractivity (Wildman–Crippen MR) is 130 cm³/mol. The SMILES string of the molecule is CCNC(=NCc1cnn(-c2ccccc2)c1)NCC(C)(O)CN1CCOCC1.I. The Hall–Kier alpha value is -1.69. The molecule has 1 aliphatic heterocycles. The quantitative estimate of drug-likeness (QED) is 0.275. The first kappa shape index (κ1) is 24.6. The lowest BCUT2D eigenvalue weighted by atomic mass is 10.1. The normalized spacial score (nSPS) is 17.1. The molecule has 0 radical (unpaired) electrons. The number of aliphatic imine (C=N–C) groups is 1. The molecule has 30 heavy (non-hydrogen) atoms. The summed E-state index contributed by atoms with van der Waals surface area (Å²) < 4.78 is 7.22. The summed E-state index contributed by atoms with van der Waals surface area (Å²) in [5, 5.41) is 21.7. The lowest BCUT2D eigenvalue weighted by molar-refractivity contribution is -0.0201. The minimum Gasteiger partial charge on any atom is -0.387 e. The van der Waals surface area contributed by atoms with E-state index in [1.165, 1.54) is 0 Å². The van der Waals surface area contributed by atoms with Crippen LogP contribution in [0.3, 0.4) is 0 Å². The average molecular weight is 528 g/mol. The van der Waals surface area contributed by atoms with E-state index in [2.05, 4.69) is 25.6 Å². The Morgan fingerprint density at radius 3 is 2.67 bits per heavy atom. The first-order valence-electron chi connectivity index (χ1n) is 10.2. The van der Waals surface area contributed by atoms with Crippen molar-refractivity contribution < 1.29 is 9.84 Å². The van der Waals surface area contributed by atoms with Crippen molar-refractivity contribution in [2.24, 2.45) is 4.99 Å². The van der Waals surface area contributed by atoms with E-state index in [1.807, 2.05) is 61.3 Å². The number of hydrogen-bond donors (Lipinski definition) is 3. The average Bonchev–Trinajstić information content (AvgIpc) is 3.20. The number of aliphatic hydroxyl groups is 1. The van der Waals surface area contributed by atoms with E-state index >= 15 is 0 Å². The molecule has 1 atom stereocenters. The maximum Gasteiger partial charge on any atom is 0.191 e. The summed E-state index contributed by atoms with van der Waals surface area (Å²) in [5.74, 6) is 0.683. The number of para-hydroxylation sites is 1. The zero-order valence-corrected chi connectivity index (χ0v) is 20.1. The van der Waals surface area contributed by atoms with Gasteiger partial charge >= 0.3 is 0 Å². The van der Waals surface area contributed by atoms with Gasteiger partial charge in [-0.3, -0.25) is 4.90 Å². The third kappa shape index (κ3) is 7.86. The van der Waals surface area contributed by atoms with Crippen molar-refractivity contribution >= 4 is 29.9 Å². The molecule has 0 bridgehead atoms. The third-order valence-corrected chi connectivity index (χ3v) is 4.73. The van der Waals surface area contributed by atoms with Crippen LogP contribution in [0.15, 0.2) is 47.7 Å². The van der Waals surface area contributed by atoms with Crippen LogP contribution >= 0.6 is 24.0 Å². The number of rotatable bonds is 8. The molecule has 1 aromatic carbocycles. The molecule has 0 spiro atoms. The summed E-state index contributed by atoms with van der Waals surface area (Å²) in [6, 6.07) is 10.0. The molecule has 0 amide bonds. The van der Waals surface area contributed by atoms with Gasteiger partial charge in [-0.05, 0) is 26.0 Å². The van der Waals surface area contributed by atoms with Gasteiger partial charge in [0.2, 0.25) is 0 Å². The molecule has 166 valence electrons. The van der Waals surface area contributed by atoms with Gasteiger partial charge in [0, 0.05) is 44.5 Å². The van der Waals surface area contributed by atoms with Crippen LogP contribution in [0.5, 0.6) is 0 Å². The monoisotopic (exact) mass is 528 g/mol. The zero-order valence-electron chi connectivity index (χ0n) is 17.8. The topological polar surface area (TPSA) is 86.9 Å². The highest BCUT2D eigenvalue weighted by Crippen LogP contribution is 2.09. The molecule has 8 nitrogen and oxygen atoms in total. The predicted octanol–water partition coefficient (Wildman–Crippen LogP) is 1.63. The Balaban J connectivity index is 0.00000320. The number of aromatic nitrogens is 2. The highest BCUT2D eigenvalue weighted by atomic mass is 127. The van der Waals surface area contributed by atoms with Crippen molar-refractivity contribution in [2.75, 3.05) is 45.9 Å². The minimum atomic E-state index is -0.855. The lowest BCUT2D eigenvalue weighted by Crippen LogP contribution is -2.52. The van der Waals surface area contributed by atoms with Crippen molar-refractivity contribution in [3.05, 3.63) is 48.3 Å². The second-order valence-electron chi connectivity index (χ2n) is 7.56. The van der Waals surface area contributed by atoms with Gasteiger partial charge < -0.3 is 20.5 Å². The largest absolute Gasteiger partial charge is 0.387 e. The number of halogens is 1. The summed E-state index contributed by atoms with van der Waals surface area (Å²) in [4.78, 5) is 6.87. The summed E-state index contributed by atoms with van der Waals surface area (Å²) in [6.07, 6.45) is 3.81. The Labute approximate surface area is 195 Å². The number of β-amino-alcohol motifs (C(OH)–C–C–N with tert-alkyl or cyclic N) is 1. The summed E-state index contributed by atoms with van der Waals surface area (Å²) in [7, 11) is 0. The zero-order chi connectivity index (χ0) is 20.5. The van der Waals surface area contributed by atoms with Crippen LogP contribution in [0.2, 0.25) is 0 Å². The van der Waals surface area contributed by atoms with E-state index in [9.17, 15) is 5.11 Å². The third-order valence-electron chi connectivity index (χ3n) is 4.73. The van der Waals surface area contributed by atoms with E-state index in [4.69, 9.17) is 4.74 Å². The van der Waals surface area contributed by atoms with Gasteiger partial charge in [0.05, 0.1) is 37.2 Å². The van der Waals surface area contributed by atoms with Crippen LogP contribution in [0, 0.1) is 0 Å². The van der Waals surface area contributed by atoms with Crippen LogP contribution in [-0.2, 0) is 11.3 Å². The van der Waals surface area contributed by atoms with Gasteiger partial charge in [0.25, 0.3) is 0 Å². The molecule has 1 aliphatic rings. The van der Waals surface area contributed by atoms with Crippen LogP contribution in [-0.4, -0.2) is 77.3 Å². The maximum atomic E-state index is 10.8. The molecule has 1 saturated heterocycles. The Bertz CT molecular complexity index is 775. The smallest absolute Gasteiger partial charge is 0.191 e. The second kappa shape index (κ2) is 12.2. The molecule has 1 aromatic heterocycles. The molecule has 3 rings (SSSR count). The number of ether oxygens (including phenoxy) is 1. The van der Waals surface area contributed by atoms with Crippen LogP contribution in [0.1, 0.15) is 19.4 Å². The fraction of sp³-hybridized carbons (Fsp3) is 0.524. The second-order valence-corrected chi connectivity index (χ2v) is 7.56. The maximum absolute atomic E-state index is 10.8. The van der Waals surface area contributed by atoms with Crippen LogP contribution in [0.25, 0.3) is 5.69 Å². The molecule has 0 aliphatic carbocycles. The van der Waals surface area contributed by atoms with Crippen LogP contribution < -0.4 is 10.6 Å². The molecular formula is C21H33IN6O2. The Morgan fingerprint density at radius 1 is 1.23 bits per heavy atom. The Kier molecular flexibility index (Phi) is 10.0. The first-order valence-corrected chi connectivity index (χ1v) is 10.2. The summed E-state index contributed by atoms with van der Waals surface area (Å²) in [5.41, 5.74) is 1.18. The number of guanidine groups is 1. The standard InChI is InChI=1S/C21H32N6O2.HI/c1-3-22-20(24-16-21(2,28)17-26-9-11-29-12-10-26)23-13-18-14-25-27(15-18)19-7-5-4-6-8-19;/h4-8,14-15,28H,3,9-13,16-17H2,1-2H3,(H2,22,23,24);1H. The first-order chi connectivity index (χ1) is 14.1. The molecule has 2 heterocycles. The number of nitrogens with zero attached hydrogens (tertiary/aromatic N) is 4. The number of hydrogen-bond acceptors (Lipinski definition) is 5. The molecular weight excluding hydrogens is 495 g/mol. The molecule has 1 fully saturated rings. The van der Waals surface area contributed by atoms with E-state index in [0.717, 1.165) is 44.1 Å². The molecule has 2 aromatic rings. The summed E-state index contributed by atoms with van der Waals surface area (Å²) >= 11 is 0. The molecule has 3 N–H and O–H groups in total. The van der Waals surface area contributed by atoms with Gasteiger partial charge in [0.15, 0.2) is 5.96 Å². The van der Waals surface area contributed by atoms with Gasteiger partial charge in [-0.1, -0.05) is 18.2 Å².